The molecule has 216 valence electrons. The summed E-state index contributed by atoms with van der Waals surface area (Å²) >= 11 is 1.55. The summed E-state index contributed by atoms with van der Waals surface area (Å²) in [5.74, 6) is -0.300. The SMILES string of the molecule is C[C@H]1C2N(C(=O)CN(C)N2C(=O)NCc2cccs2)[C@@H](Cc2ccc(O)cc2)C(=O)N1Cc1cccc2cccnc12. The Balaban J connectivity index is 1.38. The molecule has 2 aliphatic heterocycles. The third-order valence-corrected chi connectivity index (χ3v) is 8.88. The minimum absolute atomic E-state index is 0.0394. The molecule has 3 atom stereocenters. The van der Waals surface area contributed by atoms with Crippen molar-refractivity contribution >= 4 is 40.1 Å². The Kier molecular flexibility index (Phi) is 7.53. The van der Waals surface area contributed by atoms with E-state index in [0.717, 1.165) is 26.9 Å². The maximum Gasteiger partial charge on any atom is 0.334 e. The maximum absolute atomic E-state index is 14.3. The zero-order chi connectivity index (χ0) is 29.4. The smallest absolute Gasteiger partial charge is 0.334 e. The lowest BCUT2D eigenvalue weighted by molar-refractivity contribution is -0.196. The quantitative estimate of drug-likeness (QED) is 0.359. The number of fused-ring (bicyclic) bond motifs is 2. The fourth-order valence-electron chi connectivity index (χ4n) is 5.96. The Morgan fingerprint density at radius 3 is 2.62 bits per heavy atom. The van der Waals surface area contributed by atoms with E-state index in [4.69, 9.17) is 0 Å². The number of nitrogens with one attached hydrogen (secondary N) is 1. The van der Waals surface area contributed by atoms with E-state index in [2.05, 4.69) is 10.3 Å². The highest BCUT2D eigenvalue weighted by atomic mass is 32.1. The van der Waals surface area contributed by atoms with Crippen LogP contribution in [0.2, 0.25) is 0 Å². The number of hydrogen-bond acceptors (Lipinski definition) is 7. The highest BCUT2D eigenvalue weighted by Crippen LogP contribution is 2.33. The summed E-state index contributed by atoms with van der Waals surface area (Å²) in [6.07, 6.45) is 1.24. The summed E-state index contributed by atoms with van der Waals surface area (Å²) < 4.78 is 0. The predicted molar refractivity (Wildman–Crippen MR) is 159 cm³/mol. The van der Waals surface area contributed by atoms with Crippen molar-refractivity contribution in [3.8, 4) is 5.75 Å². The molecule has 2 aliphatic rings. The first-order chi connectivity index (χ1) is 20.3. The van der Waals surface area contributed by atoms with Gasteiger partial charge in [-0.25, -0.2) is 14.8 Å². The molecule has 6 rings (SSSR count). The van der Waals surface area contributed by atoms with Crippen LogP contribution in [-0.2, 0) is 29.1 Å². The number of carbonyl (C=O) groups excluding carboxylic acids is 3. The minimum atomic E-state index is -0.840. The van der Waals surface area contributed by atoms with Gasteiger partial charge in [0, 0.05) is 36.5 Å². The number of rotatable bonds is 6. The number of pyridine rings is 1. The van der Waals surface area contributed by atoms with E-state index in [1.165, 1.54) is 0 Å². The van der Waals surface area contributed by atoms with Crippen molar-refractivity contribution in [3.05, 3.63) is 94.3 Å². The number of nitrogens with zero attached hydrogens (tertiary/aromatic N) is 5. The maximum atomic E-state index is 14.3. The van der Waals surface area contributed by atoms with Gasteiger partial charge in [0.15, 0.2) is 0 Å². The van der Waals surface area contributed by atoms with E-state index in [-0.39, 0.29) is 43.1 Å². The molecule has 1 unspecified atom stereocenters. The fourth-order valence-corrected chi connectivity index (χ4v) is 6.61. The number of benzene rings is 2. The van der Waals surface area contributed by atoms with Crippen LogP contribution >= 0.6 is 11.3 Å². The number of carbonyl (C=O) groups is 3. The molecule has 2 N–H and O–H groups in total. The molecule has 10 nitrogen and oxygen atoms in total. The molecule has 0 radical (unpaired) electrons. The molecule has 0 bridgehead atoms. The van der Waals surface area contributed by atoms with Gasteiger partial charge < -0.3 is 20.2 Å². The standard InChI is InChI=1S/C31H32N6O4S/c1-20-29-36(27(39)19-34(2)37(29)31(41)33-17-25-9-5-15-42-25)26(16-21-10-12-24(38)13-11-21)30(40)35(20)18-23-7-3-6-22-8-4-14-32-28(22)23/h3-15,20,26,29,38H,16-19H2,1-2H3,(H,33,41)/t20-,26-,29?/m0/s1. The lowest BCUT2D eigenvalue weighted by atomic mass is 9.94. The first kappa shape index (κ1) is 27.7. The van der Waals surface area contributed by atoms with Crippen LogP contribution in [0.3, 0.4) is 0 Å². The van der Waals surface area contributed by atoms with Gasteiger partial charge >= 0.3 is 6.03 Å². The topological polar surface area (TPSA) is 109 Å². The lowest BCUT2D eigenvalue weighted by Gasteiger charge is -2.57. The highest BCUT2D eigenvalue weighted by Gasteiger charge is 2.54. The molecule has 4 amide bonds. The third kappa shape index (κ3) is 5.17. The monoisotopic (exact) mass is 584 g/mol. The molecule has 2 fully saturated rings. The van der Waals surface area contributed by atoms with E-state index < -0.39 is 18.2 Å². The van der Waals surface area contributed by atoms with Crippen molar-refractivity contribution in [2.45, 2.75) is 44.7 Å². The third-order valence-electron chi connectivity index (χ3n) is 8.01. The fraction of sp³-hybridized carbons (Fsp3) is 0.290. The Bertz CT molecular complexity index is 1610. The Labute approximate surface area is 247 Å². The number of amides is 4. The summed E-state index contributed by atoms with van der Waals surface area (Å²) in [5.41, 5.74) is 2.49. The molecule has 0 spiro atoms. The number of para-hydroxylation sites is 1. The summed E-state index contributed by atoms with van der Waals surface area (Å²) in [6, 6.07) is 18.6. The van der Waals surface area contributed by atoms with Gasteiger partial charge in [0.25, 0.3) is 0 Å². The summed E-state index contributed by atoms with van der Waals surface area (Å²) in [5, 5.41) is 18.9. The number of phenols is 1. The van der Waals surface area contributed by atoms with Crippen LogP contribution in [0.25, 0.3) is 10.9 Å². The number of aromatic hydroxyl groups is 1. The van der Waals surface area contributed by atoms with Gasteiger partial charge in [0.05, 0.1) is 24.6 Å². The van der Waals surface area contributed by atoms with Crippen molar-refractivity contribution in [2.24, 2.45) is 0 Å². The highest BCUT2D eigenvalue weighted by molar-refractivity contribution is 7.09. The number of hydrogen-bond donors (Lipinski definition) is 2. The van der Waals surface area contributed by atoms with Gasteiger partial charge in [-0.1, -0.05) is 42.5 Å². The van der Waals surface area contributed by atoms with Gasteiger partial charge in [-0.15, -0.1) is 11.3 Å². The first-order valence-electron chi connectivity index (χ1n) is 13.8. The average molecular weight is 585 g/mol. The Morgan fingerprint density at radius 1 is 1.07 bits per heavy atom. The van der Waals surface area contributed by atoms with Gasteiger partial charge in [-0.3, -0.25) is 14.6 Å². The molecular weight excluding hydrogens is 552 g/mol. The van der Waals surface area contributed by atoms with E-state index in [1.54, 1.807) is 68.7 Å². The minimum Gasteiger partial charge on any atom is -0.508 e. The number of urea groups is 1. The van der Waals surface area contributed by atoms with Crippen molar-refractivity contribution in [2.75, 3.05) is 13.6 Å². The van der Waals surface area contributed by atoms with Crippen LogP contribution in [0.5, 0.6) is 5.75 Å². The van der Waals surface area contributed by atoms with Gasteiger partial charge in [-0.2, -0.15) is 0 Å². The first-order valence-corrected chi connectivity index (χ1v) is 14.7. The number of aromatic nitrogens is 1. The summed E-state index contributed by atoms with van der Waals surface area (Å²) in [4.78, 5) is 50.6. The second kappa shape index (κ2) is 11.4. The van der Waals surface area contributed by atoms with Crippen LogP contribution in [0.15, 0.2) is 78.3 Å². The predicted octanol–water partition coefficient (Wildman–Crippen LogP) is 3.57. The van der Waals surface area contributed by atoms with Gasteiger partial charge in [0.1, 0.15) is 18.0 Å². The zero-order valence-corrected chi connectivity index (χ0v) is 24.2. The molecule has 11 heteroatoms. The molecule has 42 heavy (non-hydrogen) atoms. The molecule has 2 aromatic heterocycles. The van der Waals surface area contributed by atoms with E-state index in [9.17, 15) is 19.5 Å². The normalized spacial score (nSPS) is 21.1. The molecule has 4 aromatic rings. The van der Waals surface area contributed by atoms with Crippen molar-refractivity contribution in [3.63, 3.8) is 0 Å². The van der Waals surface area contributed by atoms with Crippen molar-refractivity contribution < 1.29 is 19.5 Å². The zero-order valence-electron chi connectivity index (χ0n) is 23.4. The van der Waals surface area contributed by atoms with E-state index >= 15 is 0 Å². The van der Waals surface area contributed by atoms with Crippen LogP contribution in [-0.4, -0.2) is 79.6 Å². The summed E-state index contributed by atoms with van der Waals surface area (Å²) in [6.45, 7) is 2.48. The van der Waals surface area contributed by atoms with Gasteiger partial charge in [-0.05, 0) is 47.7 Å². The second-order valence-corrected chi connectivity index (χ2v) is 11.7. The van der Waals surface area contributed by atoms with E-state index in [1.807, 2.05) is 54.8 Å². The number of phenolic OH excluding ortho intramolecular Hbond substituents is 1. The lowest BCUT2D eigenvalue weighted by Crippen LogP contribution is -2.78. The summed E-state index contributed by atoms with van der Waals surface area (Å²) in [7, 11) is 1.72. The van der Waals surface area contributed by atoms with Crippen molar-refractivity contribution in [1.29, 1.82) is 0 Å². The van der Waals surface area contributed by atoms with Crippen LogP contribution < -0.4 is 5.32 Å². The average Bonchev–Trinajstić information content (AvgIpc) is 3.51. The van der Waals surface area contributed by atoms with Crippen LogP contribution in [0, 0.1) is 0 Å². The molecular formula is C31H32N6O4S. The number of hydrazine groups is 1. The molecule has 2 saturated heterocycles. The molecule has 4 heterocycles. The van der Waals surface area contributed by atoms with Crippen LogP contribution in [0.1, 0.15) is 22.9 Å². The number of thiophene rings is 1. The largest absolute Gasteiger partial charge is 0.508 e. The van der Waals surface area contributed by atoms with E-state index in [0.29, 0.717) is 6.54 Å². The number of likely N-dealkylation sites (N-methyl/N-ethyl adjacent to an activating group) is 1. The molecule has 0 aliphatic carbocycles. The number of piperazine rings is 1. The van der Waals surface area contributed by atoms with Crippen LogP contribution in [0.4, 0.5) is 4.79 Å². The Hall–Kier alpha value is -4.48. The molecule has 0 saturated carbocycles. The Morgan fingerprint density at radius 2 is 1.86 bits per heavy atom. The van der Waals surface area contributed by atoms with Crippen molar-refractivity contribution in [1.82, 2.24) is 30.1 Å². The molecule has 2 aromatic carbocycles. The second-order valence-electron chi connectivity index (χ2n) is 10.7. The van der Waals surface area contributed by atoms with Gasteiger partial charge in [0.2, 0.25) is 11.8 Å².